The first kappa shape index (κ1) is 18.7. The molecule has 1 unspecified atom stereocenters. The minimum atomic E-state index is -0.117. The Hall–Kier alpha value is -2.69. The van der Waals surface area contributed by atoms with Crippen molar-refractivity contribution in [1.29, 1.82) is 0 Å². The standard InChI is InChI=1S/C23H28N4O/c1-17(23(28)25-19-11-6-3-7-12-19)15-21-26-20-13-8-14-24-22(20)27(21)16-18-9-4-2-5-10-18/h2,4-5,8-10,13-14,17,19H,3,6-7,11-12,15-16H2,1H3,(H,25,28). The van der Waals surface area contributed by atoms with Crippen LogP contribution in [0.3, 0.4) is 0 Å². The average molecular weight is 377 g/mol. The van der Waals surface area contributed by atoms with Crippen molar-refractivity contribution >= 4 is 17.1 Å². The third-order valence-corrected chi connectivity index (χ3v) is 5.65. The molecule has 0 radical (unpaired) electrons. The van der Waals surface area contributed by atoms with Gasteiger partial charge in [-0.3, -0.25) is 4.79 Å². The SMILES string of the molecule is CC(Cc1nc2cccnc2n1Cc1ccccc1)C(=O)NC1CCCCC1. The number of imidazole rings is 1. The van der Waals surface area contributed by atoms with E-state index in [9.17, 15) is 4.79 Å². The Morgan fingerprint density at radius 3 is 2.71 bits per heavy atom. The predicted octanol–water partition coefficient (Wildman–Crippen LogP) is 4.11. The molecule has 0 saturated heterocycles. The summed E-state index contributed by atoms with van der Waals surface area (Å²) in [5.74, 6) is 0.940. The number of hydrogen-bond acceptors (Lipinski definition) is 3. The number of amides is 1. The number of carbonyl (C=O) groups excluding carboxylic acids is 1. The maximum absolute atomic E-state index is 12.7. The second-order valence-corrected chi connectivity index (χ2v) is 7.89. The van der Waals surface area contributed by atoms with Gasteiger partial charge in [-0.15, -0.1) is 0 Å². The Labute approximate surface area is 166 Å². The largest absolute Gasteiger partial charge is 0.353 e. The van der Waals surface area contributed by atoms with E-state index in [1.807, 2.05) is 37.3 Å². The molecule has 0 spiro atoms. The Morgan fingerprint density at radius 1 is 1.14 bits per heavy atom. The van der Waals surface area contributed by atoms with Crippen molar-refractivity contribution in [2.45, 2.75) is 58.0 Å². The molecule has 5 heteroatoms. The lowest BCUT2D eigenvalue weighted by molar-refractivity contribution is -0.125. The number of fused-ring (bicyclic) bond motifs is 1. The summed E-state index contributed by atoms with van der Waals surface area (Å²) < 4.78 is 2.15. The van der Waals surface area contributed by atoms with Gasteiger partial charge in [-0.2, -0.15) is 0 Å². The summed E-state index contributed by atoms with van der Waals surface area (Å²) in [5.41, 5.74) is 2.96. The third-order valence-electron chi connectivity index (χ3n) is 5.65. The predicted molar refractivity (Wildman–Crippen MR) is 111 cm³/mol. The molecule has 3 aromatic rings. The number of nitrogens with one attached hydrogen (secondary N) is 1. The zero-order valence-corrected chi connectivity index (χ0v) is 16.5. The fraction of sp³-hybridized carbons (Fsp3) is 0.435. The lowest BCUT2D eigenvalue weighted by atomic mass is 9.94. The fourth-order valence-corrected chi connectivity index (χ4v) is 4.05. The summed E-state index contributed by atoms with van der Waals surface area (Å²) in [6.45, 7) is 2.71. The van der Waals surface area contributed by atoms with Crippen molar-refractivity contribution < 1.29 is 4.79 Å². The van der Waals surface area contributed by atoms with Crippen LogP contribution in [0.5, 0.6) is 0 Å². The van der Waals surface area contributed by atoms with Gasteiger partial charge >= 0.3 is 0 Å². The monoisotopic (exact) mass is 376 g/mol. The highest BCUT2D eigenvalue weighted by Gasteiger charge is 2.22. The van der Waals surface area contributed by atoms with Crippen LogP contribution in [0.25, 0.3) is 11.2 Å². The van der Waals surface area contributed by atoms with Crippen LogP contribution in [0.4, 0.5) is 0 Å². The van der Waals surface area contributed by atoms with E-state index in [2.05, 4.69) is 27.0 Å². The molecule has 2 heterocycles. The number of hydrogen-bond donors (Lipinski definition) is 1. The van der Waals surface area contributed by atoms with Gasteiger partial charge in [0, 0.05) is 24.6 Å². The molecule has 1 N–H and O–H groups in total. The van der Waals surface area contributed by atoms with Crippen LogP contribution in [-0.2, 0) is 17.8 Å². The Morgan fingerprint density at radius 2 is 1.93 bits per heavy atom. The quantitative estimate of drug-likeness (QED) is 0.704. The van der Waals surface area contributed by atoms with Gasteiger partial charge in [0.25, 0.3) is 0 Å². The minimum Gasteiger partial charge on any atom is -0.353 e. The first-order chi connectivity index (χ1) is 13.7. The summed E-state index contributed by atoms with van der Waals surface area (Å²) in [6.07, 6.45) is 8.36. The molecule has 1 aliphatic rings. The fourth-order valence-electron chi connectivity index (χ4n) is 4.05. The Bertz CT molecular complexity index is 928. The van der Waals surface area contributed by atoms with Crippen LogP contribution in [0.2, 0.25) is 0 Å². The van der Waals surface area contributed by atoms with Crippen LogP contribution in [-0.4, -0.2) is 26.5 Å². The lowest BCUT2D eigenvalue weighted by Crippen LogP contribution is -2.40. The Kier molecular flexibility index (Phi) is 5.70. The third kappa shape index (κ3) is 4.24. The first-order valence-electron chi connectivity index (χ1n) is 10.3. The normalized spacial score (nSPS) is 16.2. The van der Waals surface area contributed by atoms with E-state index < -0.39 is 0 Å². The van der Waals surface area contributed by atoms with E-state index in [4.69, 9.17) is 4.98 Å². The topological polar surface area (TPSA) is 59.8 Å². The maximum atomic E-state index is 12.7. The smallest absolute Gasteiger partial charge is 0.223 e. The minimum absolute atomic E-state index is 0.117. The summed E-state index contributed by atoms with van der Waals surface area (Å²) in [5, 5.41) is 3.25. The lowest BCUT2D eigenvalue weighted by Gasteiger charge is -2.24. The molecule has 1 saturated carbocycles. The maximum Gasteiger partial charge on any atom is 0.223 e. The molecule has 1 aliphatic carbocycles. The molecular formula is C23H28N4O. The number of nitrogens with zero attached hydrogens (tertiary/aromatic N) is 3. The summed E-state index contributed by atoms with van der Waals surface area (Å²) in [6, 6.07) is 14.6. The molecule has 1 fully saturated rings. The van der Waals surface area contributed by atoms with Crippen molar-refractivity contribution in [1.82, 2.24) is 19.9 Å². The first-order valence-corrected chi connectivity index (χ1v) is 10.3. The number of aromatic nitrogens is 3. The van der Waals surface area contributed by atoms with Gasteiger partial charge in [0.05, 0.1) is 6.54 Å². The van der Waals surface area contributed by atoms with Crippen molar-refractivity contribution in [2.24, 2.45) is 5.92 Å². The highest BCUT2D eigenvalue weighted by Crippen LogP contribution is 2.20. The number of carbonyl (C=O) groups is 1. The highest BCUT2D eigenvalue weighted by atomic mass is 16.1. The number of benzene rings is 1. The molecule has 146 valence electrons. The average Bonchev–Trinajstić information content (AvgIpc) is 3.06. The highest BCUT2D eigenvalue weighted by molar-refractivity contribution is 5.79. The second-order valence-electron chi connectivity index (χ2n) is 7.89. The van der Waals surface area contributed by atoms with Crippen molar-refractivity contribution in [2.75, 3.05) is 0 Å². The van der Waals surface area contributed by atoms with Gasteiger partial charge in [0.2, 0.25) is 5.91 Å². The van der Waals surface area contributed by atoms with Crippen LogP contribution >= 0.6 is 0 Å². The van der Waals surface area contributed by atoms with Crippen LogP contribution in [0.1, 0.15) is 50.4 Å². The summed E-state index contributed by atoms with van der Waals surface area (Å²) in [4.78, 5) is 22.1. The summed E-state index contributed by atoms with van der Waals surface area (Å²) >= 11 is 0. The van der Waals surface area contributed by atoms with Gasteiger partial charge in [-0.05, 0) is 30.5 Å². The van der Waals surface area contributed by atoms with E-state index in [-0.39, 0.29) is 11.8 Å². The van der Waals surface area contributed by atoms with E-state index in [0.717, 1.165) is 29.8 Å². The molecular weight excluding hydrogens is 348 g/mol. The van der Waals surface area contributed by atoms with Crippen molar-refractivity contribution in [3.63, 3.8) is 0 Å². The molecule has 5 nitrogen and oxygen atoms in total. The molecule has 1 aromatic carbocycles. The van der Waals surface area contributed by atoms with Gasteiger partial charge < -0.3 is 9.88 Å². The molecule has 2 aromatic heterocycles. The molecule has 1 atom stereocenters. The van der Waals surface area contributed by atoms with Crippen molar-refractivity contribution in [3.8, 4) is 0 Å². The van der Waals surface area contributed by atoms with Gasteiger partial charge in [-0.25, -0.2) is 9.97 Å². The second kappa shape index (κ2) is 8.55. The van der Waals surface area contributed by atoms with E-state index in [0.29, 0.717) is 19.0 Å². The molecule has 28 heavy (non-hydrogen) atoms. The van der Waals surface area contributed by atoms with Crippen molar-refractivity contribution in [3.05, 3.63) is 60.0 Å². The number of pyridine rings is 1. The van der Waals surface area contributed by atoms with Gasteiger partial charge in [0.15, 0.2) is 5.65 Å². The molecule has 0 bridgehead atoms. The van der Waals surface area contributed by atoms with Gasteiger partial charge in [0.1, 0.15) is 11.3 Å². The zero-order valence-electron chi connectivity index (χ0n) is 16.5. The Balaban J connectivity index is 1.53. The zero-order chi connectivity index (χ0) is 19.3. The van der Waals surface area contributed by atoms with Crippen LogP contribution in [0, 0.1) is 5.92 Å². The van der Waals surface area contributed by atoms with Crippen LogP contribution in [0.15, 0.2) is 48.7 Å². The van der Waals surface area contributed by atoms with E-state index in [1.165, 1.54) is 24.8 Å². The van der Waals surface area contributed by atoms with Crippen LogP contribution < -0.4 is 5.32 Å². The van der Waals surface area contributed by atoms with E-state index >= 15 is 0 Å². The molecule has 4 rings (SSSR count). The van der Waals surface area contributed by atoms with Gasteiger partial charge in [-0.1, -0.05) is 56.5 Å². The number of rotatable bonds is 6. The van der Waals surface area contributed by atoms with E-state index in [1.54, 1.807) is 6.20 Å². The molecule has 0 aliphatic heterocycles. The molecule has 1 amide bonds. The summed E-state index contributed by atoms with van der Waals surface area (Å²) in [7, 11) is 0.